The second-order valence-corrected chi connectivity index (χ2v) is 2.44. The van der Waals surface area contributed by atoms with Crippen LogP contribution in [0.2, 0.25) is 0 Å². The number of nitrogens with zero attached hydrogens (tertiary/aromatic N) is 1. The average molecular weight is 197 g/mol. The molecule has 0 aromatic carbocycles. The molecule has 3 N–H and O–H groups in total. The number of carbonyl (C=O) groups is 2. The monoisotopic (exact) mass is 196 g/mol. The van der Waals surface area contributed by atoms with Gasteiger partial charge in [0, 0.05) is 14.1 Å². The molecule has 0 aromatic rings. The summed E-state index contributed by atoms with van der Waals surface area (Å²) in [6.45, 7) is 0. The molecule has 0 saturated heterocycles. The summed E-state index contributed by atoms with van der Waals surface area (Å²) in [5.74, 6) is -1.43. The predicted octanol–water partition coefficient (Wildman–Crippen LogP) is -0.702. The van der Waals surface area contributed by atoms with Crippen LogP contribution < -0.4 is 5.73 Å². The highest BCUT2D eigenvalue weighted by molar-refractivity contribution is 5.85. The molecule has 0 aliphatic heterocycles. The van der Waals surface area contributed by atoms with Gasteiger partial charge in [-0.25, -0.2) is 0 Å². The highest BCUT2D eigenvalue weighted by Crippen LogP contribution is 1.91. The van der Waals surface area contributed by atoms with Gasteiger partial charge in [0.15, 0.2) is 0 Å². The number of hydrogen-bond donors (Lipinski definition) is 2. The van der Waals surface area contributed by atoms with Gasteiger partial charge in [0.25, 0.3) is 0 Å². The Morgan fingerprint density at radius 3 is 2.17 bits per heavy atom. The van der Waals surface area contributed by atoms with Crippen LogP contribution >= 0.6 is 12.4 Å². The summed E-state index contributed by atoms with van der Waals surface area (Å²) in [5.41, 5.74) is 5.11. The molecule has 1 atom stereocenters. The van der Waals surface area contributed by atoms with Crippen molar-refractivity contribution in [1.82, 2.24) is 4.90 Å². The van der Waals surface area contributed by atoms with E-state index in [2.05, 4.69) is 0 Å². The smallest absolute Gasteiger partial charge is 0.321 e. The van der Waals surface area contributed by atoms with Crippen LogP contribution in [0.15, 0.2) is 0 Å². The number of halogens is 1. The molecule has 0 aromatic heterocycles. The fourth-order valence-electron chi connectivity index (χ4n) is 0.458. The van der Waals surface area contributed by atoms with Crippen LogP contribution in [0.25, 0.3) is 0 Å². The first-order valence-corrected chi connectivity index (χ1v) is 3.13. The second kappa shape index (κ2) is 5.79. The summed E-state index contributed by atoms with van der Waals surface area (Å²) < 4.78 is 0. The van der Waals surface area contributed by atoms with Crippen molar-refractivity contribution < 1.29 is 14.7 Å². The Balaban J connectivity index is 0. The lowest BCUT2D eigenvalue weighted by Crippen LogP contribution is -2.36. The SMILES string of the molecule is CN(C)C(=O)C[C@H](N)C(=O)O.Cl. The molecule has 0 fully saturated rings. The maximum absolute atomic E-state index is 10.8. The van der Waals surface area contributed by atoms with Crippen LogP contribution in [0.5, 0.6) is 0 Å². The van der Waals surface area contributed by atoms with Crippen molar-refractivity contribution in [3.63, 3.8) is 0 Å². The topological polar surface area (TPSA) is 83.6 Å². The number of aliphatic carboxylic acids is 1. The van der Waals surface area contributed by atoms with Crippen molar-refractivity contribution in [2.24, 2.45) is 5.73 Å². The third-order valence-corrected chi connectivity index (χ3v) is 1.21. The quantitative estimate of drug-likeness (QED) is 0.625. The van der Waals surface area contributed by atoms with Crippen molar-refractivity contribution in [2.45, 2.75) is 12.5 Å². The van der Waals surface area contributed by atoms with E-state index in [4.69, 9.17) is 10.8 Å². The highest BCUT2D eigenvalue weighted by Gasteiger charge is 2.16. The number of carboxylic acids is 1. The Bertz CT molecular complexity index is 172. The van der Waals surface area contributed by atoms with E-state index in [0.29, 0.717) is 0 Å². The molecule has 5 nitrogen and oxygen atoms in total. The van der Waals surface area contributed by atoms with Crippen molar-refractivity contribution in [3.05, 3.63) is 0 Å². The van der Waals surface area contributed by atoms with Gasteiger partial charge in [-0.05, 0) is 0 Å². The first kappa shape index (κ1) is 13.8. The molecule has 0 aliphatic rings. The zero-order valence-electron chi connectivity index (χ0n) is 6.98. The van der Waals surface area contributed by atoms with Crippen LogP contribution in [0.4, 0.5) is 0 Å². The Labute approximate surface area is 76.9 Å². The van der Waals surface area contributed by atoms with Crippen LogP contribution in [0.1, 0.15) is 6.42 Å². The van der Waals surface area contributed by atoms with E-state index < -0.39 is 12.0 Å². The molecule has 0 unspecified atom stereocenters. The van der Waals surface area contributed by atoms with Gasteiger partial charge < -0.3 is 15.7 Å². The average Bonchev–Trinajstić information content (AvgIpc) is 1.87. The zero-order chi connectivity index (χ0) is 9.02. The van der Waals surface area contributed by atoms with E-state index in [0.717, 1.165) is 0 Å². The summed E-state index contributed by atoms with van der Waals surface area (Å²) in [5, 5.41) is 8.32. The van der Waals surface area contributed by atoms with Crippen LogP contribution in [0.3, 0.4) is 0 Å². The summed E-state index contributed by atoms with van der Waals surface area (Å²) in [6.07, 6.45) is -0.150. The minimum atomic E-state index is -1.15. The number of carbonyl (C=O) groups excluding carboxylic acids is 1. The van der Waals surface area contributed by atoms with Crippen molar-refractivity contribution in [1.29, 1.82) is 0 Å². The molecule has 0 bridgehead atoms. The second-order valence-electron chi connectivity index (χ2n) is 2.44. The molecular weight excluding hydrogens is 184 g/mol. The number of amides is 1. The van der Waals surface area contributed by atoms with Gasteiger partial charge in [0.2, 0.25) is 5.91 Å². The lowest BCUT2D eigenvalue weighted by atomic mass is 10.2. The van der Waals surface area contributed by atoms with Gasteiger partial charge in [-0.2, -0.15) is 0 Å². The van der Waals surface area contributed by atoms with Crippen molar-refractivity contribution >= 4 is 24.3 Å². The summed E-state index contributed by atoms with van der Waals surface area (Å²) in [6, 6.07) is -1.09. The molecule has 0 aliphatic carbocycles. The first-order valence-electron chi connectivity index (χ1n) is 3.13. The molecule has 0 radical (unpaired) electrons. The number of hydrogen-bond acceptors (Lipinski definition) is 3. The Morgan fingerprint density at radius 1 is 1.50 bits per heavy atom. The number of rotatable bonds is 3. The van der Waals surface area contributed by atoms with Gasteiger partial charge in [-0.3, -0.25) is 9.59 Å². The van der Waals surface area contributed by atoms with Crippen molar-refractivity contribution in [2.75, 3.05) is 14.1 Å². The predicted molar refractivity (Wildman–Crippen MR) is 46.2 cm³/mol. The third-order valence-electron chi connectivity index (χ3n) is 1.21. The highest BCUT2D eigenvalue weighted by atomic mass is 35.5. The van der Waals surface area contributed by atoms with E-state index in [1.807, 2.05) is 0 Å². The van der Waals surface area contributed by atoms with Gasteiger partial charge in [0.1, 0.15) is 6.04 Å². The van der Waals surface area contributed by atoms with E-state index in [9.17, 15) is 9.59 Å². The largest absolute Gasteiger partial charge is 0.480 e. The van der Waals surface area contributed by atoms with Gasteiger partial charge in [-0.1, -0.05) is 0 Å². The van der Waals surface area contributed by atoms with Crippen LogP contribution in [-0.4, -0.2) is 42.0 Å². The van der Waals surface area contributed by atoms with Crippen molar-refractivity contribution in [3.8, 4) is 0 Å². The van der Waals surface area contributed by atoms with E-state index >= 15 is 0 Å². The Morgan fingerprint density at radius 2 is 1.92 bits per heavy atom. The molecule has 0 rings (SSSR count). The standard InChI is InChI=1S/C6H12N2O3.ClH/c1-8(2)5(9)3-4(7)6(10)11;/h4H,3,7H2,1-2H3,(H,10,11);1H/t4-;/m0./s1. The number of nitrogens with two attached hydrogens (primary N) is 1. The fraction of sp³-hybridized carbons (Fsp3) is 0.667. The van der Waals surface area contributed by atoms with E-state index in [1.54, 1.807) is 14.1 Å². The maximum atomic E-state index is 10.8. The molecular formula is C6H13ClN2O3. The molecule has 0 heterocycles. The summed E-state index contributed by atoms with van der Waals surface area (Å²) in [4.78, 5) is 22.3. The molecule has 72 valence electrons. The Kier molecular flexibility index (Phi) is 6.64. The third kappa shape index (κ3) is 4.92. The lowest BCUT2D eigenvalue weighted by molar-refractivity contribution is -0.141. The van der Waals surface area contributed by atoms with Gasteiger partial charge >= 0.3 is 5.97 Å². The number of carboxylic acid groups (broad SMARTS) is 1. The van der Waals surface area contributed by atoms with E-state index in [1.165, 1.54) is 4.90 Å². The molecule has 0 spiro atoms. The lowest BCUT2D eigenvalue weighted by Gasteiger charge is -2.11. The molecule has 12 heavy (non-hydrogen) atoms. The first-order chi connectivity index (χ1) is 4.95. The minimum Gasteiger partial charge on any atom is -0.480 e. The normalized spacial score (nSPS) is 11.2. The zero-order valence-corrected chi connectivity index (χ0v) is 7.80. The molecule has 1 amide bonds. The van der Waals surface area contributed by atoms with Gasteiger partial charge in [0.05, 0.1) is 6.42 Å². The summed E-state index contributed by atoms with van der Waals surface area (Å²) >= 11 is 0. The van der Waals surface area contributed by atoms with E-state index in [-0.39, 0.29) is 24.7 Å². The fourth-order valence-corrected chi connectivity index (χ4v) is 0.458. The minimum absolute atomic E-state index is 0. The molecule has 0 saturated carbocycles. The Hall–Kier alpha value is -0.810. The molecule has 6 heteroatoms. The summed E-state index contributed by atoms with van der Waals surface area (Å²) in [7, 11) is 3.10. The maximum Gasteiger partial charge on any atom is 0.321 e. The van der Waals surface area contributed by atoms with Crippen LogP contribution in [0, 0.1) is 0 Å². The van der Waals surface area contributed by atoms with Crippen LogP contribution in [-0.2, 0) is 9.59 Å². The van der Waals surface area contributed by atoms with Gasteiger partial charge in [-0.15, -0.1) is 12.4 Å².